The highest BCUT2D eigenvalue weighted by Gasteiger charge is 2.19. The lowest BCUT2D eigenvalue weighted by Gasteiger charge is -2.16. The van der Waals surface area contributed by atoms with Crippen LogP contribution in [0.15, 0.2) is 12.3 Å². The number of nitrogens with two attached hydrogens (primary N) is 1. The van der Waals surface area contributed by atoms with Crippen LogP contribution in [0.25, 0.3) is 0 Å². The molecule has 1 aliphatic carbocycles. The molecule has 1 aliphatic rings. The molecule has 1 unspecified atom stereocenters. The fourth-order valence-corrected chi connectivity index (χ4v) is 2.42. The maximum atomic E-state index is 5.66. The molecule has 0 amide bonds. The molecule has 0 aromatic carbocycles. The van der Waals surface area contributed by atoms with Crippen molar-refractivity contribution in [3.8, 4) is 0 Å². The highest BCUT2D eigenvalue weighted by molar-refractivity contribution is 5.03. The van der Waals surface area contributed by atoms with Crippen molar-refractivity contribution in [1.82, 2.24) is 9.78 Å². The van der Waals surface area contributed by atoms with Crippen molar-refractivity contribution in [2.24, 2.45) is 11.7 Å². The van der Waals surface area contributed by atoms with E-state index in [-0.39, 0.29) is 0 Å². The Morgan fingerprint density at radius 2 is 2.27 bits per heavy atom. The minimum Gasteiger partial charge on any atom is -0.330 e. The van der Waals surface area contributed by atoms with Crippen molar-refractivity contribution in [2.45, 2.75) is 45.1 Å². The van der Waals surface area contributed by atoms with Crippen LogP contribution in [0.3, 0.4) is 0 Å². The fraction of sp³-hybridized carbons (Fsp3) is 0.750. The van der Waals surface area contributed by atoms with Gasteiger partial charge in [-0.25, -0.2) is 0 Å². The highest BCUT2D eigenvalue weighted by Crippen LogP contribution is 2.30. The van der Waals surface area contributed by atoms with Gasteiger partial charge in [0.1, 0.15) is 0 Å². The summed E-state index contributed by atoms with van der Waals surface area (Å²) in [4.78, 5) is 0. The Bertz CT molecular complexity index is 300. The second-order valence-corrected chi connectivity index (χ2v) is 4.75. The van der Waals surface area contributed by atoms with Gasteiger partial charge in [-0.15, -0.1) is 0 Å². The van der Waals surface area contributed by atoms with E-state index in [1.807, 2.05) is 6.20 Å². The lowest BCUT2D eigenvalue weighted by atomic mass is 10.1. The smallest absolute Gasteiger partial charge is 0.0522 e. The van der Waals surface area contributed by atoms with Gasteiger partial charge in [-0.1, -0.05) is 19.8 Å². The molecule has 1 fully saturated rings. The number of aromatic nitrogens is 2. The number of rotatable bonds is 4. The zero-order chi connectivity index (χ0) is 10.7. The van der Waals surface area contributed by atoms with E-state index < -0.39 is 0 Å². The van der Waals surface area contributed by atoms with Crippen molar-refractivity contribution in [2.75, 3.05) is 6.54 Å². The molecule has 1 saturated carbocycles. The van der Waals surface area contributed by atoms with Crippen LogP contribution >= 0.6 is 0 Å². The molecule has 0 saturated heterocycles. The summed E-state index contributed by atoms with van der Waals surface area (Å²) in [5, 5.41) is 4.46. The predicted octanol–water partition coefficient (Wildman–Crippen LogP) is 2.14. The monoisotopic (exact) mass is 207 g/mol. The third-order valence-electron chi connectivity index (χ3n) is 3.38. The summed E-state index contributed by atoms with van der Waals surface area (Å²) in [7, 11) is 0. The lowest BCUT2D eigenvalue weighted by molar-refractivity contribution is 0.435. The second-order valence-electron chi connectivity index (χ2n) is 4.75. The van der Waals surface area contributed by atoms with E-state index in [1.54, 1.807) is 0 Å². The van der Waals surface area contributed by atoms with Crippen molar-refractivity contribution >= 4 is 0 Å². The van der Waals surface area contributed by atoms with Gasteiger partial charge in [-0.05, 0) is 37.8 Å². The highest BCUT2D eigenvalue weighted by atomic mass is 15.3. The van der Waals surface area contributed by atoms with E-state index in [0.717, 1.165) is 13.0 Å². The fourth-order valence-electron chi connectivity index (χ4n) is 2.42. The molecule has 0 radical (unpaired) electrons. The minimum atomic E-state index is 0.557. The standard InChI is InChI=1S/C12H21N3/c1-10(9-13)8-12-6-7-14-15(12)11-4-2-3-5-11/h6-7,10-11H,2-5,8-9,13H2,1H3. The summed E-state index contributed by atoms with van der Waals surface area (Å²) < 4.78 is 2.24. The Hall–Kier alpha value is -0.830. The third-order valence-corrected chi connectivity index (χ3v) is 3.38. The first-order valence-corrected chi connectivity index (χ1v) is 6.03. The molecular weight excluding hydrogens is 186 g/mol. The van der Waals surface area contributed by atoms with Gasteiger partial charge in [0.15, 0.2) is 0 Å². The third kappa shape index (κ3) is 2.40. The Kier molecular flexibility index (Phi) is 3.41. The van der Waals surface area contributed by atoms with Gasteiger partial charge < -0.3 is 5.73 Å². The Morgan fingerprint density at radius 1 is 1.53 bits per heavy atom. The van der Waals surface area contributed by atoms with Crippen LogP contribution in [0.1, 0.15) is 44.3 Å². The second kappa shape index (κ2) is 4.79. The summed E-state index contributed by atoms with van der Waals surface area (Å²) in [6.45, 7) is 2.96. The largest absolute Gasteiger partial charge is 0.330 e. The summed E-state index contributed by atoms with van der Waals surface area (Å²) in [5.41, 5.74) is 7.02. The number of nitrogens with zero attached hydrogens (tertiary/aromatic N) is 2. The maximum absolute atomic E-state index is 5.66. The Labute approximate surface area is 91.7 Å². The quantitative estimate of drug-likeness (QED) is 0.822. The van der Waals surface area contributed by atoms with Crippen LogP contribution in [-0.2, 0) is 6.42 Å². The van der Waals surface area contributed by atoms with Crippen molar-refractivity contribution in [3.63, 3.8) is 0 Å². The van der Waals surface area contributed by atoms with Crippen LogP contribution < -0.4 is 5.73 Å². The van der Waals surface area contributed by atoms with Gasteiger partial charge in [0, 0.05) is 11.9 Å². The molecule has 1 atom stereocenters. The van der Waals surface area contributed by atoms with Gasteiger partial charge in [0.05, 0.1) is 6.04 Å². The Balaban J connectivity index is 2.07. The molecule has 0 bridgehead atoms. The Morgan fingerprint density at radius 3 is 2.93 bits per heavy atom. The number of hydrogen-bond donors (Lipinski definition) is 1. The number of hydrogen-bond acceptors (Lipinski definition) is 2. The SMILES string of the molecule is CC(CN)Cc1ccnn1C1CCCC1. The summed E-state index contributed by atoms with van der Waals surface area (Å²) >= 11 is 0. The normalized spacial score (nSPS) is 19.6. The molecule has 2 N–H and O–H groups in total. The molecule has 15 heavy (non-hydrogen) atoms. The average Bonchev–Trinajstić information content (AvgIpc) is 2.86. The van der Waals surface area contributed by atoms with Gasteiger partial charge in [-0.3, -0.25) is 4.68 Å². The van der Waals surface area contributed by atoms with Crippen LogP contribution in [0.5, 0.6) is 0 Å². The van der Waals surface area contributed by atoms with E-state index in [9.17, 15) is 0 Å². The average molecular weight is 207 g/mol. The first kappa shape index (κ1) is 10.7. The zero-order valence-electron chi connectivity index (χ0n) is 9.52. The molecule has 3 heteroatoms. The summed E-state index contributed by atoms with van der Waals surface area (Å²) in [5.74, 6) is 0.557. The molecule has 1 aromatic rings. The molecule has 1 heterocycles. The van der Waals surface area contributed by atoms with Crippen LogP contribution in [0.4, 0.5) is 0 Å². The van der Waals surface area contributed by atoms with Gasteiger partial charge in [0.2, 0.25) is 0 Å². The lowest BCUT2D eigenvalue weighted by Crippen LogP contribution is -2.17. The molecular formula is C12H21N3. The molecule has 0 spiro atoms. The predicted molar refractivity (Wildman–Crippen MR) is 61.7 cm³/mol. The minimum absolute atomic E-state index is 0.557. The topological polar surface area (TPSA) is 43.8 Å². The molecule has 2 rings (SSSR count). The van der Waals surface area contributed by atoms with Crippen LogP contribution in [0.2, 0.25) is 0 Å². The van der Waals surface area contributed by atoms with Crippen molar-refractivity contribution in [1.29, 1.82) is 0 Å². The molecule has 1 aromatic heterocycles. The van der Waals surface area contributed by atoms with Gasteiger partial charge in [-0.2, -0.15) is 5.10 Å². The molecule has 84 valence electrons. The van der Waals surface area contributed by atoms with Gasteiger partial charge >= 0.3 is 0 Å². The van der Waals surface area contributed by atoms with E-state index in [2.05, 4.69) is 22.8 Å². The van der Waals surface area contributed by atoms with Crippen LogP contribution in [0, 0.1) is 5.92 Å². The van der Waals surface area contributed by atoms with E-state index in [1.165, 1.54) is 31.4 Å². The van der Waals surface area contributed by atoms with Crippen LogP contribution in [-0.4, -0.2) is 16.3 Å². The summed E-state index contributed by atoms with van der Waals surface area (Å²) in [6.07, 6.45) is 8.30. The first-order chi connectivity index (χ1) is 7.31. The van der Waals surface area contributed by atoms with Gasteiger partial charge in [0.25, 0.3) is 0 Å². The maximum Gasteiger partial charge on any atom is 0.0522 e. The first-order valence-electron chi connectivity index (χ1n) is 6.03. The van der Waals surface area contributed by atoms with Crippen molar-refractivity contribution in [3.05, 3.63) is 18.0 Å². The van der Waals surface area contributed by atoms with E-state index in [0.29, 0.717) is 12.0 Å². The zero-order valence-corrected chi connectivity index (χ0v) is 9.52. The molecule has 0 aliphatic heterocycles. The molecule has 3 nitrogen and oxygen atoms in total. The summed E-state index contributed by atoms with van der Waals surface area (Å²) in [6, 6.07) is 2.80. The van der Waals surface area contributed by atoms with E-state index >= 15 is 0 Å². The van der Waals surface area contributed by atoms with E-state index in [4.69, 9.17) is 5.73 Å². The van der Waals surface area contributed by atoms with Crippen molar-refractivity contribution < 1.29 is 0 Å².